The number of aromatic nitrogens is 1. The van der Waals surface area contributed by atoms with Crippen molar-refractivity contribution in [3.63, 3.8) is 0 Å². The quantitative estimate of drug-likeness (QED) is 0.617. The highest BCUT2D eigenvalue weighted by Gasteiger charge is 2.05. The molecule has 3 rings (SSSR count). The summed E-state index contributed by atoms with van der Waals surface area (Å²) >= 11 is 11.8. The molecule has 19 heavy (non-hydrogen) atoms. The van der Waals surface area contributed by atoms with E-state index < -0.39 is 5.82 Å². The molecular formula is C15H10Cl2FN. The fourth-order valence-corrected chi connectivity index (χ4v) is 2.50. The monoisotopic (exact) mass is 293 g/mol. The predicted molar refractivity (Wildman–Crippen MR) is 77.5 cm³/mol. The summed E-state index contributed by atoms with van der Waals surface area (Å²) in [6, 6.07) is 12.6. The van der Waals surface area contributed by atoms with Gasteiger partial charge in [0.2, 0.25) is 0 Å². The van der Waals surface area contributed by atoms with Crippen LogP contribution in [0.1, 0.15) is 5.56 Å². The zero-order valence-electron chi connectivity index (χ0n) is 9.91. The molecule has 3 aromatic rings. The van der Waals surface area contributed by atoms with Crippen molar-refractivity contribution >= 4 is 34.1 Å². The first-order valence-electron chi connectivity index (χ1n) is 5.82. The number of benzene rings is 2. The van der Waals surface area contributed by atoms with Crippen LogP contribution in [0.5, 0.6) is 0 Å². The number of hydrogen-bond acceptors (Lipinski definition) is 0. The highest BCUT2D eigenvalue weighted by atomic mass is 35.5. The Kier molecular flexibility index (Phi) is 3.21. The Balaban J connectivity index is 2.00. The van der Waals surface area contributed by atoms with E-state index in [1.54, 1.807) is 12.1 Å². The third kappa shape index (κ3) is 2.46. The molecule has 1 aromatic heterocycles. The summed E-state index contributed by atoms with van der Waals surface area (Å²) in [6.45, 7) is 0.629. The van der Waals surface area contributed by atoms with Crippen molar-refractivity contribution in [2.45, 2.75) is 6.54 Å². The lowest BCUT2D eigenvalue weighted by molar-refractivity contribution is 0.627. The van der Waals surface area contributed by atoms with Crippen LogP contribution in [0.3, 0.4) is 0 Å². The average molecular weight is 294 g/mol. The number of fused-ring (bicyclic) bond motifs is 1. The Morgan fingerprint density at radius 1 is 1.00 bits per heavy atom. The molecule has 0 N–H and O–H groups in total. The molecule has 0 aliphatic rings. The molecule has 0 saturated heterocycles. The number of hydrogen-bond donors (Lipinski definition) is 0. The fraction of sp³-hybridized carbons (Fsp3) is 0.0667. The maximum atomic E-state index is 13.1. The van der Waals surface area contributed by atoms with Crippen molar-refractivity contribution in [1.29, 1.82) is 0 Å². The first-order chi connectivity index (χ1) is 9.13. The second-order valence-electron chi connectivity index (χ2n) is 4.40. The number of rotatable bonds is 2. The van der Waals surface area contributed by atoms with Crippen LogP contribution >= 0.6 is 23.2 Å². The third-order valence-corrected chi connectivity index (χ3v) is 3.60. The molecule has 0 spiro atoms. The summed E-state index contributed by atoms with van der Waals surface area (Å²) in [5.74, 6) is -0.397. The molecular weight excluding hydrogens is 284 g/mol. The minimum Gasteiger partial charge on any atom is -0.343 e. The van der Waals surface area contributed by atoms with Gasteiger partial charge in [0, 0.05) is 23.3 Å². The Morgan fingerprint density at radius 2 is 1.84 bits per heavy atom. The van der Waals surface area contributed by atoms with Crippen LogP contribution in [0.15, 0.2) is 48.7 Å². The maximum Gasteiger partial charge on any atom is 0.141 e. The largest absolute Gasteiger partial charge is 0.343 e. The maximum absolute atomic E-state index is 13.1. The van der Waals surface area contributed by atoms with Gasteiger partial charge in [-0.2, -0.15) is 0 Å². The Hall–Kier alpha value is -1.51. The molecule has 0 amide bonds. The molecule has 4 heteroatoms. The summed E-state index contributed by atoms with van der Waals surface area (Å²) in [6.07, 6.45) is 1.98. The molecule has 0 bridgehead atoms. The standard InChI is InChI=1S/C15H10Cl2FN/c16-12-3-2-11-5-6-19(15(11)8-12)9-10-1-4-14(18)13(17)7-10/h1-8H,9H2. The van der Waals surface area contributed by atoms with Crippen molar-refractivity contribution in [1.82, 2.24) is 4.57 Å². The Morgan fingerprint density at radius 3 is 2.63 bits per heavy atom. The van der Waals surface area contributed by atoms with Crippen LogP contribution in [-0.4, -0.2) is 4.57 Å². The zero-order valence-corrected chi connectivity index (χ0v) is 11.4. The van der Waals surface area contributed by atoms with E-state index >= 15 is 0 Å². The van der Waals surface area contributed by atoms with Crippen LogP contribution in [0, 0.1) is 5.82 Å². The van der Waals surface area contributed by atoms with E-state index in [9.17, 15) is 4.39 Å². The summed E-state index contributed by atoms with van der Waals surface area (Å²) in [5, 5.41) is 1.97. The zero-order chi connectivity index (χ0) is 13.4. The lowest BCUT2D eigenvalue weighted by atomic mass is 10.2. The molecule has 0 fully saturated rings. The van der Waals surface area contributed by atoms with Crippen LogP contribution in [0.4, 0.5) is 4.39 Å². The molecule has 0 aliphatic carbocycles. The van der Waals surface area contributed by atoms with E-state index in [4.69, 9.17) is 23.2 Å². The van der Waals surface area contributed by atoms with Gasteiger partial charge in [0.1, 0.15) is 5.82 Å². The van der Waals surface area contributed by atoms with Gasteiger partial charge in [-0.15, -0.1) is 0 Å². The first-order valence-corrected chi connectivity index (χ1v) is 6.57. The summed E-state index contributed by atoms with van der Waals surface area (Å²) < 4.78 is 15.2. The van der Waals surface area contributed by atoms with Gasteiger partial charge in [-0.25, -0.2) is 4.39 Å². The molecule has 0 atom stereocenters. The Bertz CT molecular complexity index is 749. The SMILES string of the molecule is Fc1ccc(Cn2ccc3ccc(Cl)cc32)cc1Cl. The smallest absolute Gasteiger partial charge is 0.141 e. The molecule has 0 saturated carbocycles. The minimum absolute atomic E-state index is 0.145. The van der Waals surface area contributed by atoms with Crippen LogP contribution in [0.25, 0.3) is 10.9 Å². The predicted octanol–water partition coefficient (Wildman–Crippen LogP) is 5.14. The van der Waals surface area contributed by atoms with Gasteiger partial charge in [0.05, 0.1) is 5.02 Å². The molecule has 0 unspecified atom stereocenters. The molecule has 0 aliphatic heterocycles. The lowest BCUT2D eigenvalue weighted by Crippen LogP contribution is -1.98. The van der Waals surface area contributed by atoms with Gasteiger partial charge in [-0.3, -0.25) is 0 Å². The molecule has 96 valence electrons. The minimum atomic E-state index is -0.397. The Labute approximate surface area is 120 Å². The van der Waals surface area contributed by atoms with E-state index in [0.717, 1.165) is 16.5 Å². The summed E-state index contributed by atoms with van der Waals surface area (Å²) in [4.78, 5) is 0. The van der Waals surface area contributed by atoms with Gasteiger partial charge >= 0.3 is 0 Å². The van der Waals surface area contributed by atoms with E-state index in [-0.39, 0.29) is 5.02 Å². The van der Waals surface area contributed by atoms with E-state index in [1.165, 1.54) is 6.07 Å². The second-order valence-corrected chi connectivity index (χ2v) is 5.24. The van der Waals surface area contributed by atoms with Gasteiger partial charge in [0.15, 0.2) is 0 Å². The van der Waals surface area contributed by atoms with Crippen LogP contribution < -0.4 is 0 Å². The van der Waals surface area contributed by atoms with E-state index in [1.807, 2.05) is 30.5 Å². The lowest BCUT2D eigenvalue weighted by Gasteiger charge is -2.07. The average Bonchev–Trinajstić information content (AvgIpc) is 2.77. The van der Waals surface area contributed by atoms with E-state index in [0.29, 0.717) is 11.6 Å². The van der Waals surface area contributed by atoms with E-state index in [2.05, 4.69) is 4.57 Å². The molecule has 2 aromatic carbocycles. The number of nitrogens with zero attached hydrogens (tertiary/aromatic N) is 1. The first kappa shape index (κ1) is 12.5. The third-order valence-electron chi connectivity index (χ3n) is 3.07. The van der Waals surface area contributed by atoms with Crippen LogP contribution in [-0.2, 0) is 6.54 Å². The highest BCUT2D eigenvalue weighted by Crippen LogP contribution is 2.22. The molecule has 0 radical (unpaired) electrons. The second kappa shape index (κ2) is 4.87. The van der Waals surface area contributed by atoms with Gasteiger partial charge in [0.25, 0.3) is 0 Å². The van der Waals surface area contributed by atoms with Crippen LogP contribution in [0.2, 0.25) is 10.0 Å². The molecule has 1 nitrogen and oxygen atoms in total. The summed E-state index contributed by atoms with van der Waals surface area (Å²) in [7, 11) is 0. The highest BCUT2D eigenvalue weighted by molar-refractivity contribution is 6.31. The van der Waals surface area contributed by atoms with Crippen molar-refractivity contribution < 1.29 is 4.39 Å². The molecule has 1 heterocycles. The van der Waals surface area contributed by atoms with Crippen molar-refractivity contribution in [3.05, 3.63) is 70.1 Å². The van der Waals surface area contributed by atoms with Gasteiger partial charge in [-0.05, 0) is 41.3 Å². The number of halogens is 3. The van der Waals surface area contributed by atoms with Gasteiger partial charge in [-0.1, -0.05) is 35.3 Å². The van der Waals surface area contributed by atoms with Crippen molar-refractivity contribution in [2.24, 2.45) is 0 Å². The summed E-state index contributed by atoms with van der Waals surface area (Å²) in [5.41, 5.74) is 2.00. The topological polar surface area (TPSA) is 4.93 Å². The van der Waals surface area contributed by atoms with Crippen molar-refractivity contribution in [3.8, 4) is 0 Å². The fourth-order valence-electron chi connectivity index (χ4n) is 2.13. The van der Waals surface area contributed by atoms with Crippen molar-refractivity contribution in [2.75, 3.05) is 0 Å². The van der Waals surface area contributed by atoms with Gasteiger partial charge < -0.3 is 4.57 Å². The normalized spacial score (nSPS) is 11.1.